The van der Waals surface area contributed by atoms with E-state index in [0.29, 0.717) is 12.8 Å². The van der Waals surface area contributed by atoms with Gasteiger partial charge in [-0.3, -0.25) is 14.5 Å². The Morgan fingerprint density at radius 2 is 2.16 bits per heavy atom. The fourth-order valence-electron chi connectivity index (χ4n) is 2.53. The zero-order chi connectivity index (χ0) is 14.0. The van der Waals surface area contributed by atoms with E-state index in [-0.39, 0.29) is 5.91 Å². The third kappa shape index (κ3) is 2.38. The van der Waals surface area contributed by atoms with Gasteiger partial charge in [-0.1, -0.05) is 12.8 Å². The monoisotopic (exact) mass is 265 g/mol. The van der Waals surface area contributed by atoms with Gasteiger partial charge in [-0.2, -0.15) is 5.26 Å². The minimum Gasteiger partial charge on any atom is -0.446 e. The molecule has 2 aliphatic rings. The molecule has 3 amide bonds. The van der Waals surface area contributed by atoms with Crippen molar-refractivity contribution in [3.05, 3.63) is 0 Å². The van der Waals surface area contributed by atoms with Crippen molar-refractivity contribution in [3.8, 4) is 6.07 Å². The van der Waals surface area contributed by atoms with Crippen LogP contribution in [0.25, 0.3) is 0 Å². The minimum absolute atomic E-state index is 0.364. The number of ether oxygens (including phenoxy) is 1. The molecule has 0 unspecified atom stereocenters. The lowest BCUT2D eigenvalue weighted by atomic mass is 9.98. The molecule has 1 saturated carbocycles. The van der Waals surface area contributed by atoms with E-state index in [9.17, 15) is 14.4 Å². The summed E-state index contributed by atoms with van der Waals surface area (Å²) in [6, 6.07) is 1.18. The van der Waals surface area contributed by atoms with Gasteiger partial charge in [0.2, 0.25) is 0 Å². The number of amides is 3. The van der Waals surface area contributed by atoms with E-state index in [1.165, 1.54) is 6.92 Å². The molecule has 0 bridgehead atoms. The van der Waals surface area contributed by atoms with Crippen LogP contribution in [-0.2, 0) is 14.3 Å². The topological polar surface area (TPSA) is 99.5 Å². The smallest absolute Gasteiger partial charge is 0.327 e. The van der Waals surface area contributed by atoms with Gasteiger partial charge < -0.3 is 10.1 Å². The molecule has 102 valence electrons. The first kappa shape index (κ1) is 13.3. The first-order valence-corrected chi connectivity index (χ1v) is 6.22. The van der Waals surface area contributed by atoms with Crippen LogP contribution < -0.4 is 5.32 Å². The van der Waals surface area contributed by atoms with Crippen LogP contribution in [0.4, 0.5) is 4.79 Å². The maximum atomic E-state index is 12.2. The second kappa shape index (κ2) is 4.88. The van der Waals surface area contributed by atoms with Crippen molar-refractivity contribution >= 4 is 17.9 Å². The summed E-state index contributed by atoms with van der Waals surface area (Å²) in [4.78, 5) is 36.3. The fraction of sp³-hybridized carbons (Fsp3) is 0.667. The number of nitriles is 1. The van der Waals surface area contributed by atoms with Crippen molar-refractivity contribution in [1.29, 1.82) is 5.26 Å². The lowest BCUT2D eigenvalue weighted by molar-refractivity contribution is -0.149. The standard InChI is InChI=1S/C12H15N3O4/c1-8(6-13)19-9(16)7-15-10(17)12(14-11(15)18)4-2-3-5-12/h8H,2-5,7H2,1H3,(H,14,18)/t8-/m0/s1. The summed E-state index contributed by atoms with van der Waals surface area (Å²) in [5.74, 6) is -1.12. The average molecular weight is 265 g/mol. The molecule has 7 nitrogen and oxygen atoms in total. The molecule has 19 heavy (non-hydrogen) atoms. The highest BCUT2D eigenvalue weighted by molar-refractivity contribution is 6.08. The number of carbonyl (C=O) groups is 3. The zero-order valence-corrected chi connectivity index (χ0v) is 10.6. The van der Waals surface area contributed by atoms with Gasteiger partial charge in [0.15, 0.2) is 6.10 Å². The second-order valence-corrected chi connectivity index (χ2v) is 4.87. The highest BCUT2D eigenvalue weighted by Crippen LogP contribution is 2.34. The number of carbonyl (C=O) groups excluding carboxylic acids is 3. The van der Waals surface area contributed by atoms with Gasteiger partial charge in [-0.15, -0.1) is 0 Å². The van der Waals surface area contributed by atoms with Gasteiger partial charge in [0.25, 0.3) is 5.91 Å². The highest BCUT2D eigenvalue weighted by atomic mass is 16.5. The Morgan fingerprint density at radius 1 is 1.53 bits per heavy atom. The summed E-state index contributed by atoms with van der Waals surface area (Å²) in [5, 5.41) is 11.2. The molecule has 2 rings (SSSR count). The predicted octanol–water partition coefficient (Wildman–Crippen LogP) is 0.306. The quantitative estimate of drug-likeness (QED) is 0.584. The number of hydrogen-bond acceptors (Lipinski definition) is 5. The van der Waals surface area contributed by atoms with Crippen LogP contribution in [-0.4, -0.2) is 41.0 Å². The van der Waals surface area contributed by atoms with Gasteiger partial charge >= 0.3 is 12.0 Å². The summed E-state index contributed by atoms with van der Waals surface area (Å²) >= 11 is 0. The number of nitrogens with zero attached hydrogens (tertiary/aromatic N) is 2. The van der Waals surface area contributed by atoms with E-state index < -0.39 is 30.2 Å². The molecule has 1 aliphatic heterocycles. The number of imide groups is 1. The number of hydrogen-bond donors (Lipinski definition) is 1. The third-order valence-electron chi connectivity index (χ3n) is 3.48. The average Bonchev–Trinajstić information content (AvgIpc) is 2.91. The van der Waals surface area contributed by atoms with Crippen LogP contribution in [0.2, 0.25) is 0 Å². The second-order valence-electron chi connectivity index (χ2n) is 4.87. The van der Waals surface area contributed by atoms with Crippen molar-refractivity contribution < 1.29 is 19.1 Å². The van der Waals surface area contributed by atoms with E-state index >= 15 is 0 Å². The van der Waals surface area contributed by atoms with E-state index in [1.54, 1.807) is 6.07 Å². The first-order chi connectivity index (χ1) is 8.98. The summed E-state index contributed by atoms with van der Waals surface area (Å²) < 4.78 is 4.74. The maximum absolute atomic E-state index is 12.2. The van der Waals surface area contributed by atoms with Crippen LogP contribution in [0.1, 0.15) is 32.6 Å². The molecule has 2 fully saturated rings. The zero-order valence-electron chi connectivity index (χ0n) is 10.6. The van der Waals surface area contributed by atoms with Gasteiger partial charge in [-0.25, -0.2) is 4.79 Å². The van der Waals surface area contributed by atoms with Crippen LogP contribution in [0, 0.1) is 11.3 Å². The van der Waals surface area contributed by atoms with Crippen LogP contribution in [0.3, 0.4) is 0 Å². The molecule has 1 spiro atoms. The molecule has 0 aromatic carbocycles. The highest BCUT2D eigenvalue weighted by Gasteiger charge is 2.52. The Balaban J connectivity index is 2.01. The summed E-state index contributed by atoms with van der Waals surface area (Å²) in [6.07, 6.45) is 2.09. The maximum Gasteiger partial charge on any atom is 0.327 e. The molecule has 1 N–H and O–H groups in total. The van der Waals surface area contributed by atoms with Gasteiger partial charge in [0, 0.05) is 0 Å². The molecule has 1 saturated heterocycles. The number of rotatable bonds is 3. The summed E-state index contributed by atoms with van der Waals surface area (Å²) in [5.41, 5.74) is -0.821. The molecule has 1 atom stereocenters. The van der Waals surface area contributed by atoms with E-state index in [2.05, 4.69) is 5.32 Å². The van der Waals surface area contributed by atoms with Crippen molar-refractivity contribution in [2.75, 3.05) is 6.54 Å². The lowest BCUT2D eigenvalue weighted by Gasteiger charge is -2.19. The fourth-order valence-corrected chi connectivity index (χ4v) is 2.53. The van der Waals surface area contributed by atoms with Crippen molar-refractivity contribution in [3.63, 3.8) is 0 Å². The Hall–Kier alpha value is -2.10. The lowest BCUT2D eigenvalue weighted by Crippen LogP contribution is -2.44. The molecule has 0 aromatic rings. The van der Waals surface area contributed by atoms with Crippen molar-refractivity contribution in [1.82, 2.24) is 10.2 Å². The van der Waals surface area contributed by atoms with Crippen LogP contribution in [0.15, 0.2) is 0 Å². The van der Waals surface area contributed by atoms with E-state index in [4.69, 9.17) is 10.00 Å². The number of urea groups is 1. The molecule has 1 aliphatic carbocycles. The van der Waals surface area contributed by atoms with Gasteiger partial charge in [0.05, 0.1) is 0 Å². The molecule has 0 radical (unpaired) electrons. The van der Waals surface area contributed by atoms with Crippen LogP contribution in [0.5, 0.6) is 0 Å². The Morgan fingerprint density at radius 3 is 2.74 bits per heavy atom. The Bertz CT molecular complexity index is 462. The molecular weight excluding hydrogens is 250 g/mol. The molecule has 0 aromatic heterocycles. The van der Waals surface area contributed by atoms with Crippen molar-refractivity contribution in [2.24, 2.45) is 0 Å². The first-order valence-electron chi connectivity index (χ1n) is 6.22. The van der Waals surface area contributed by atoms with E-state index in [1.807, 2.05) is 0 Å². The number of esters is 1. The summed E-state index contributed by atoms with van der Waals surface area (Å²) in [7, 11) is 0. The largest absolute Gasteiger partial charge is 0.446 e. The normalized spacial score (nSPS) is 22.2. The van der Waals surface area contributed by atoms with E-state index in [0.717, 1.165) is 17.7 Å². The molecule has 1 heterocycles. The number of nitrogens with one attached hydrogen (secondary N) is 1. The third-order valence-corrected chi connectivity index (χ3v) is 3.48. The van der Waals surface area contributed by atoms with Gasteiger partial charge in [-0.05, 0) is 19.8 Å². The predicted molar refractivity (Wildman–Crippen MR) is 62.6 cm³/mol. The Kier molecular flexibility index (Phi) is 3.42. The van der Waals surface area contributed by atoms with Gasteiger partial charge in [0.1, 0.15) is 18.2 Å². The SMILES string of the molecule is C[C@@H](C#N)OC(=O)CN1C(=O)NC2(CCCC2)C1=O. The summed E-state index contributed by atoms with van der Waals surface area (Å²) in [6.45, 7) is 0.973. The minimum atomic E-state index is -0.895. The Labute approximate surface area is 110 Å². The van der Waals surface area contributed by atoms with Crippen molar-refractivity contribution in [2.45, 2.75) is 44.2 Å². The molecule has 7 heteroatoms. The molecular formula is C12H15N3O4. The van der Waals surface area contributed by atoms with Crippen LogP contribution >= 0.6 is 0 Å².